The number of hydrogen-bond donors (Lipinski definition) is 1. The number of halogens is 1. The molecule has 1 aliphatic carbocycles. The Balaban J connectivity index is 2.15. The van der Waals surface area contributed by atoms with Gasteiger partial charge in [-0.15, -0.1) is 11.8 Å². The van der Waals surface area contributed by atoms with E-state index in [1.807, 2.05) is 0 Å². The molecule has 1 heterocycles. The molecule has 1 aromatic rings. The Hall–Kier alpha value is -0.740. The van der Waals surface area contributed by atoms with Crippen LogP contribution in [0.1, 0.15) is 36.0 Å². The summed E-state index contributed by atoms with van der Waals surface area (Å²) in [5.41, 5.74) is 0.136. The highest BCUT2D eigenvalue weighted by Crippen LogP contribution is 2.34. The van der Waals surface area contributed by atoms with Crippen LogP contribution in [0.15, 0.2) is 17.3 Å². The summed E-state index contributed by atoms with van der Waals surface area (Å²) < 4.78 is 0. The lowest BCUT2D eigenvalue weighted by atomic mass is 10.3. The van der Waals surface area contributed by atoms with Gasteiger partial charge >= 0.3 is 5.97 Å². The van der Waals surface area contributed by atoms with Crippen molar-refractivity contribution < 1.29 is 9.90 Å². The lowest BCUT2D eigenvalue weighted by Crippen LogP contribution is -2.00. The van der Waals surface area contributed by atoms with Gasteiger partial charge in [0.05, 0.1) is 15.6 Å². The predicted molar refractivity (Wildman–Crippen MR) is 64.3 cm³/mol. The molecule has 1 fully saturated rings. The standard InChI is InChI=1S/C11H12ClNO2S/c12-9-6-13-10(5-8(9)11(14)15)16-7-3-1-2-4-7/h5-7H,1-4H2,(H,14,15). The SMILES string of the molecule is O=C(O)c1cc(SC2CCCC2)ncc1Cl. The quantitative estimate of drug-likeness (QED) is 0.901. The second-order valence-electron chi connectivity index (χ2n) is 3.83. The van der Waals surface area contributed by atoms with E-state index in [-0.39, 0.29) is 10.6 Å². The maximum Gasteiger partial charge on any atom is 0.337 e. The number of pyridine rings is 1. The first-order valence-corrected chi connectivity index (χ1v) is 6.48. The van der Waals surface area contributed by atoms with E-state index in [4.69, 9.17) is 16.7 Å². The minimum atomic E-state index is -0.999. The van der Waals surface area contributed by atoms with E-state index in [9.17, 15) is 4.79 Å². The molecule has 16 heavy (non-hydrogen) atoms. The van der Waals surface area contributed by atoms with E-state index in [0.29, 0.717) is 5.25 Å². The van der Waals surface area contributed by atoms with Crippen LogP contribution in [0.2, 0.25) is 5.02 Å². The van der Waals surface area contributed by atoms with Crippen LogP contribution in [-0.4, -0.2) is 21.3 Å². The van der Waals surface area contributed by atoms with Gasteiger partial charge in [0, 0.05) is 11.4 Å². The van der Waals surface area contributed by atoms with E-state index < -0.39 is 5.97 Å². The van der Waals surface area contributed by atoms with Gasteiger partial charge in [0.2, 0.25) is 0 Å². The molecule has 0 atom stereocenters. The van der Waals surface area contributed by atoms with Gasteiger partial charge in [0.15, 0.2) is 0 Å². The summed E-state index contributed by atoms with van der Waals surface area (Å²) in [5.74, 6) is -0.999. The molecule has 3 nitrogen and oxygen atoms in total. The molecule has 1 saturated carbocycles. The van der Waals surface area contributed by atoms with E-state index in [1.165, 1.54) is 31.9 Å². The van der Waals surface area contributed by atoms with E-state index in [0.717, 1.165) is 5.03 Å². The molecule has 1 aliphatic rings. The first-order chi connectivity index (χ1) is 7.66. The summed E-state index contributed by atoms with van der Waals surface area (Å²) in [4.78, 5) is 15.0. The molecular formula is C11H12ClNO2S. The Labute approximate surface area is 103 Å². The summed E-state index contributed by atoms with van der Waals surface area (Å²) in [5, 5.41) is 10.5. The first kappa shape index (κ1) is 11.7. The molecule has 0 bridgehead atoms. The van der Waals surface area contributed by atoms with Crippen molar-refractivity contribution in [2.75, 3.05) is 0 Å². The number of hydrogen-bond acceptors (Lipinski definition) is 3. The molecule has 0 unspecified atom stereocenters. The maximum absolute atomic E-state index is 10.9. The van der Waals surface area contributed by atoms with E-state index in [2.05, 4.69) is 4.98 Å². The number of nitrogens with zero attached hydrogens (tertiary/aromatic N) is 1. The van der Waals surface area contributed by atoms with Gasteiger partial charge in [-0.1, -0.05) is 24.4 Å². The minimum Gasteiger partial charge on any atom is -0.478 e. The lowest BCUT2D eigenvalue weighted by molar-refractivity contribution is 0.0696. The Morgan fingerprint density at radius 1 is 1.50 bits per heavy atom. The largest absolute Gasteiger partial charge is 0.478 e. The summed E-state index contributed by atoms with van der Waals surface area (Å²) in [6, 6.07) is 1.56. The summed E-state index contributed by atoms with van der Waals surface area (Å²) >= 11 is 7.41. The van der Waals surface area contributed by atoms with Crippen LogP contribution in [0, 0.1) is 0 Å². The molecule has 5 heteroatoms. The third-order valence-corrected chi connectivity index (χ3v) is 4.22. The van der Waals surface area contributed by atoms with Crippen molar-refractivity contribution >= 4 is 29.3 Å². The molecule has 2 rings (SSSR count). The van der Waals surface area contributed by atoms with Gasteiger partial charge in [-0.3, -0.25) is 0 Å². The van der Waals surface area contributed by atoms with Crippen LogP contribution < -0.4 is 0 Å². The fourth-order valence-corrected chi connectivity index (χ4v) is 3.22. The van der Waals surface area contributed by atoms with Crippen LogP contribution in [0.3, 0.4) is 0 Å². The second-order valence-corrected chi connectivity index (χ2v) is 5.56. The maximum atomic E-state index is 10.9. The van der Waals surface area contributed by atoms with Crippen LogP contribution in [0.4, 0.5) is 0 Å². The number of aromatic nitrogens is 1. The molecule has 1 N–H and O–H groups in total. The van der Waals surface area contributed by atoms with Crippen LogP contribution in [0.25, 0.3) is 0 Å². The third-order valence-electron chi connectivity index (χ3n) is 2.65. The van der Waals surface area contributed by atoms with Crippen molar-refractivity contribution in [3.8, 4) is 0 Å². The van der Waals surface area contributed by atoms with E-state index >= 15 is 0 Å². The Kier molecular flexibility index (Phi) is 3.71. The van der Waals surface area contributed by atoms with Gasteiger partial charge in [-0.05, 0) is 18.9 Å². The van der Waals surface area contributed by atoms with Crippen molar-refractivity contribution in [2.24, 2.45) is 0 Å². The zero-order valence-corrected chi connectivity index (χ0v) is 10.2. The third kappa shape index (κ3) is 2.68. The number of thioether (sulfide) groups is 1. The molecule has 0 saturated heterocycles. The second kappa shape index (κ2) is 5.06. The van der Waals surface area contributed by atoms with Gasteiger partial charge < -0.3 is 5.11 Å². The highest BCUT2D eigenvalue weighted by Gasteiger charge is 2.18. The van der Waals surface area contributed by atoms with Crippen molar-refractivity contribution in [1.82, 2.24) is 4.98 Å². The first-order valence-electron chi connectivity index (χ1n) is 5.22. The number of carbonyl (C=O) groups is 1. The zero-order chi connectivity index (χ0) is 11.5. The number of aromatic carboxylic acids is 1. The summed E-state index contributed by atoms with van der Waals surface area (Å²) in [7, 11) is 0. The topological polar surface area (TPSA) is 50.2 Å². The normalized spacial score (nSPS) is 16.6. The van der Waals surface area contributed by atoms with Gasteiger partial charge in [0.25, 0.3) is 0 Å². The smallest absolute Gasteiger partial charge is 0.337 e. The molecular weight excluding hydrogens is 246 g/mol. The van der Waals surface area contributed by atoms with E-state index in [1.54, 1.807) is 17.8 Å². The van der Waals surface area contributed by atoms with Crippen molar-refractivity contribution in [2.45, 2.75) is 36.0 Å². The summed E-state index contributed by atoms with van der Waals surface area (Å²) in [6.07, 6.45) is 6.32. The van der Waals surface area contributed by atoms with Gasteiger partial charge in [-0.25, -0.2) is 9.78 Å². The van der Waals surface area contributed by atoms with Gasteiger partial charge in [0.1, 0.15) is 0 Å². The van der Waals surface area contributed by atoms with Gasteiger partial charge in [-0.2, -0.15) is 0 Å². The van der Waals surface area contributed by atoms with Crippen molar-refractivity contribution in [1.29, 1.82) is 0 Å². The summed E-state index contributed by atoms with van der Waals surface area (Å²) in [6.45, 7) is 0. The highest BCUT2D eigenvalue weighted by atomic mass is 35.5. The monoisotopic (exact) mass is 257 g/mol. The molecule has 0 aromatic carbocycles. The number of carboxylic acid groups (broad SMARTS) is 1. The zero-order valence-electron chi connectivity index (χ0n) is 8.65. The minimum absolute atomic E-state index is 0.136. The Bertz CT molecular complexity index is 405. The molecule has 0 spiro atoms. The average Bonchev–Trinajstić information content (AvgIpc) is 2.73. The number of carboxylic acids is 1. The van der Waals surface area contributed by atoms with Crippen LogP contribution in [-0.2, 0) is 0 Å². The Morgan fingerprint density at radius 2 is 2.19 bits per heavy atom. The Morgan fingerprint density at radius 3 is 2.81 bits per heavy atom. The lowest BCUT2D eigenvalue weighted by Gasteiger charge is -2.08. The highest BCUT2D eigenvalue weighted by molar-refractivity contribution is 7.99. The van der Waals surface area contributed by atoms with Crippen molar-refractivity contribution in [3.05, 3.63) is 22.8 Å². The van der Waals surface area contributed by atoms with Crippen molar-refractivity contribution in [3.63, 3.8) is 0 Å². The van der Waals surface area contributed by atoms with Crippen LogP contribution in [0.5, 0.6) is 0 Å². The number of rotatable bonds is 3. The molecule has 86 valence electrons. The molecule has 0 amide bonds. The fraction of sp³-hybridized carbons (Fsp3) is 0.455. The van der Waals surface area contributed by atoms with Crippen LogP contribution >= 0.6 is 23.4 Å². The molecule has 0 aliphatic heterocycles. The molecule has 0 radical (unpaired) electrons. The fourth-order valence-electron chi connectivity index (χ4n) is 1.82. The average molecular weight is 258 g/mol. The molecule has 1 aromatic heterocycles. The predicted octanol–water partition coefficient (Wildman–Crippen LogP) is 3.47.